The van der Waals surface area contributed by atoms with E-state index in [9.17, 15) is 4.79 Å². The molecule has 4 nitrogen and oxygen atoms in total. The van der Waals surface area contributed by atoms with Crippen molar-refractivity contribution in [1.82, 2.24) is 0 Å². The number of rotatable bonds is 3. The fourth-order valence-electron chi connectivity index (χ4n) is 1.56. The van der Waals surface area contributed by atoms with Gasteiger partial charge in [0.1, 0.15) is 5.41 Å². The summed E-state index contributed by atoms with van der Waals surface area (Å²) < 4.78 is 15.6. The predicted molar refractivity (Wildman–Crippen MR) is 43.7 cm³/mol. The maximum absolute atomic E-state index is 11.5. The van der Waals surface area contributed by atoms with Gasteiger partial charge in [0, 0.05) is 0 Å². The van der Waals surface area contributed by atoms with E-state index in [-0.39, 0.29) is 18.5 Å². The van der Waals surface area contributed by atoms with Crippen LogP contribution in [0.15, 0.2) is 0 Å². The Hall–Kier alpha value is -0.610. The fourth-order valence-corrected chi connectivity index (χ4v) is 1.56. The Bertz CT molecular complexity index is 216. The van der Waals surface area contributed by atoms with Gasteiger partial charge in [-0.25, -0.2) is 0 Å². The lowest BCUT2D eigenvalue weighted by Gasteiger charge is -2.38. The van der Waals surface area contributed by atoms with Crippen LogP contribution in [0.4, 0.5) is 0 Å². The summed E-state index contributed by atoms with van der Waals surface area (Å²) in [6.45, 7) is 4.04. The summed E-state index contributed by atoms with van der Waals surface area (Å²) in [4.78, 5) is 11.5. The summed E-state index contributed by atoms with van der Waals surface area (Å²) in [5.41, 5.74) is -0.470. The quantitative estimate of drug-likeness (QED) is 0.618. The zero-order valence-electron chi connectivity index (χ0n) is 7.91. The standard InChI is InChI=1S/C9H14O4/c1-3-11-7(10)9(4-5-9)8-12-6(2)13-8/h6,8H,3-5H2,1-2H3. The maximum atomic E-state index is 11.5. The average Bonchev–Trinajstić information content (AvgIpc) is 2.80. The number of carbonyl (C=O) groups is 1. The van der Waals surface area contributed by atoms with Gasteiger partial charge in [0.05, 0.1) is 6.61 Å². The molecule has 1 aliphatic carbocycles. The van der Waals surface area contributed by atoms with Crippen molar-refractivity contribution in [2.75, 3.05) is 6.61 Å². The molecule has 0 spiro atoms. The lowest BCUT2D eigenvalue weighted by atomic mass is 10.1. The predicted octanol–water partition coefficient (Wildman–Crippen LogP) is 1.05. The van der Waals surface area contributed by atoms with Gasteiger partial charge in [0.25, 0.3) is 0 Å². The molecule has 0 atom stereocenters. The molecule has 2 rings (SSSR count). The second-order valence-electron chi connectivity index (χ2n) is 3.55. The summed E-state index contributed by atoms with van der Waals surface area (Å²) in [7, 11) is 0. The van der Waals surface area contributed by atoms with Gasteiger partial charge in [-0.1, -0.05) is 0 Å². The number of carbonyl (C=O) groups excluding carboxylic acids is 1. The molecule has 0 aromatic carbocycles. The third-order valence-corrected chi connectivity index (χ3v) is 2.55. The fraction of sp³-hybridized carbons (Fsp3) is 0.889. The summed E-state index contributed by atoms with van der Waals surface area (Å²) in [6.07, 6.45) is 1.12. The number of esters is 1. The number of hydrogen-bond acceptors (Lipinski definition) is 4. The van der Waals surface area contributed by atoms with E-state index in [2.05, 4.69) is 0 Å². The second-order valence-corrected chi connectivity index (χ2v) is 3.55. The van der Waals surface area contributed by atoms with Crippen LogP contribution in [0.5, 0.6) is 0 Å². The van der Waals surface area contributed by atoms with Crippen LogP contribution in [-0.4, -0.2) is 25.2 Å². The zero-order valence-corrected chi connectivity index (χ0v) is 7.91. The SMILES string of the molecule is CCOC(=O)C1(C2OC(C)O2)CC1. The minimum absolute atomic E-state index is 0.170. The van der Waals surface area contributed by atoms with E-state index in [4.69, 9.17) is 14.2 Å². The third-order valence-electron chi connectivity index (χ3n) is 2.55. The first-order valence-electron chi connectivity index (χ1n) is 4.67. The molecule has 2 aliphatic rings. The minimum Gasteiger partial charge on any atom is -0.465 e. The number of ether oxygens (including phenoxy) is 3. The molecule has 0 aromatic heterocycles. The summed E-state index contributed by atoms with van der Waals surface area (Å²) in [5.74, 6) is -0.174. The number of hydrogen-bond donors (Lipinski definition) is 0. The lowest BCUT2D eigenvalue weighted by Crippen LogP contribution is -2.48. The third kappa shape index (κ3) is 1.34. The largest absolute Gasteiger partial charge is 0.465 e. The molecule has 1 saturated heterocycles. The van der Waals surface area contributed by atoms with Gasteiger partial charge in [-0.3, -0.25) is 4.79 Å². The molecule has 0 unspecified atom stereocenters. The molecule has 0 N–H and O–H groups in total. The van der Waals surface area contributed by atoms with Crippen molar-refractivity contribution in [1.29, 1.82) is 0 Å². The van der Waals surface area contributed by atoms with E-state index in [1.165, 1.54) is 0 Å². The van der Waals surface area contributed by atoms with E-state index in [1.807, 2.05) is 6.92 Å². The van der Waals surface area contributed by atoms with Crippen molar-refractivity contribution in [3.63, 3.8) is 0 Å². The van der Waals surface area contributed by atoms with Crippen molar-refractivity contribution < 1.29 is 19.0 Å². The molecule has 0 aromatic rings. The molecular weight excluding hydrogens is 172 g/mol. The molecule has 1 heterocycles. The maximum Gasteiger partial charge on any atom is 0.317 e. The smallest absolute Gasteiger partial charge is 0.317 e. The first-order chi connectivity index (χ1) is 6.19. The molecule has 0 radical (unpaired) electrons. The Kier molecular flexibility index (Phi) is 2.04. The summed E-state index contributed by atoms with van der Waals surface area (Å²) in [5, 5.41) is 0. The highest BCUT2D eigenvalue weighted by molar-refractivity contribution is 5.80. The van der Waals surface area contributed by atoms with Crippen LogP contribution < -0.4 is 0 Å². The Morgan fingerprint density at radius 2 is 2.15 bits per heavy atom. The van der Waals surface area contributed by atoms with Crippen molar-refractivity contribution in [3.8, 4) is 0 Å². The van der Waals surface area contributed by atoms with Crippen molar-refractivity contribution in [2.45, 2.75) is 39.3 Å². The van der Waals surface area contributed by atoms with Crippen LogP contribution in [0.1, 0.15) is 26.7 Å². The molecular formula is C9H14O4. The van der Waals surface area contributed by atoms with Gasteiger partial charge in [0.15, 0.2) is 12.6 Å². The summed E-state index contributed by atoms with van der Waals surface area (Å²) in [6, 6.07) is 0. The average molecular weight is 186 g/mol. The van der Waals surface area contributed by atoms with Gasteiger partial charge in [0.2, 0.25) is 0 Å². The highest BCUT2D eigenvalue weighted by Gasteiger charge is 2.62. The molecule has 1 aliphatic heterocycles. The lowest BCUT2D eigenvalue weighted by molar-refractivity contribution is -0.394. The molecule has 4 heteroatoms. The highest BCUT2D eigenvalue weighted by Crippen LogP contribution is 2.54. The Labute approximate surface area is 77.1 Å². The topological polar surface area (TPSA) is 44.8 Å². The Morgan fingerprint density at radius 1 is 1.54 bits per heavy atom. The van der Waals surface area contributed by atoms with Crippen LogP contribution in [-0.2, 0) is 19.0 Å². The zero-order chi connectivity index (χ0) is 9.47. The Morgan fingerprint density at radius 3 is 2.54 bits per heavy atom. The van der Waals surface area contributed by atoms with Crippen molar-refractivity contribution in [2.24, 2.45) is 5.41 Å². The van der Waals surface area contributed by atoms with E-state index >= 15 is 0 Å². The monoisotopic (exact) mass is 186 g/mol. The van der Waals surface area contributed by atoms with E-state index in [0.29, 0.717) is 6.61 Å². The second kappa shape index (κ2) is 2.96. The van der Waals surface area contributed by atoms with E-state index in [1.54, 1.807) is 6.92 Å². The van der Waals surface area contributed by atoms with E-state index in [0.717, 1.165) is 12.8 Å². The van der Waals surface area contributed by atoms with E-state index < -0.39 is 5.41 Å². The van der Waals surface area contributed by atoms with Crippen molar-refractivity contribution >= 4 is 5.97 Å². The summed E-state index contributed by atoms with van der Waals surface area (Å²) >= 11 is 0. The molecule has 0 amide bonds. The first kappa shape index (κ1) is 8.97. The van der Waals surface area contributed by atoms with Crippen LogP contribution in [0, 0.1) is 5.41 Å². The molecule has 2 fully saturated rings. The minimum atomic E-state index is -0.470. The van der Waals surface area contributed by atoms with Crippen LogP contribution in [0.2, 0.25) is 0 Å². The van der Waals surface area contributed by atoms with Gasteiger partial charge < -0.3 is 14.2 Å². The van der Waals surface area contributed by atoms with Crippen LogP contribution in [0.25, 0.3) is 0 Å². The molecule has 0 bridgehead atoms. The van der Waals surface area contributed by atoms with Crippen molar-refractivity contribution in [3.05, 3.63) is 0 Å². The molecule has 13 heavy (non-hydrogen) atoms. The van der Waals surface area contributed by atoms with Crippen LogP contribution in [0.3, 0.4) is 0 Å². The Balaban J connectivity index is 1.93. The van der Waals surface area contributed by atoms with Gasteiger partial charge in [-0.05, 0) is 26.7 Å². The first-order valence-corrected chi connectivity index (χ1v) is 4.67. The van der Waals surface area contributed by atoms with Crippen LogP contribution >= 0.6 is 0 Å². The molecule has 74 valence electrons. The molecule has 1 saturated carbocycles. The van der Waals surface area contributed by atoms with Gasteiger partial charge >= 0.3 is 5.97 Å². The highest BCUT2D eigenvalue weighted by atomic mass is 16.9. The normalized spacial score (nSPS) is 34.9. The van der Waals surface area contributed by atoms with Gasteiger partial charge in [-0.2, -0.15) is 0 Å². The van der Waals surface area contributed by atoms with Gasteiger partial charge in [-0.15, -0.1) is 0 Å².